The number of hydrogen-bond donors (Lipinski definition) is 2. The summed E-state index contributed by atoms with van der Waals surface area (Å²) in [6, 6.07) is 3.14. The average molecular weight is 249 g/mol. The van der Waals surface area contributed by atoms with Crippen LogP contribution in [-0.2, 0) is 16.0 Å². The zero-order chi connectivity index (χ0) is 13.3. The highest BCUT2D eigenvalue weighted by atomic mass is 16.5. The molecule has 2 heterocycles. The Morgan fingerprint density at radius 1 is 1.56 bits per heavy atom. The van der Waals surface area contributed by atoms with Gasteiger partial charge in [-0.15, -0.1) is 0 Å². The van der Waals surface area contributed by atoms with Crippen LogP contribution in [0.25, 0.3) is 5.52 Å². The van der Waals surface area contributed by atoms with E-state index in [1.54, 1.807) is 18.3 Å². The molecular weight excluding hydrogens is 238 g/mol. The fraction of sp³-hybridized carbons (Fsp3) is 0.182. The van der Waals surface area contributed by atoms with E-state index in [0.29, 0.717) is 11.2 Å². The van der Waals surface area contributed by atoms with Crippen molar-refractivity contribution in [3.63, 3.8) is 0 Å². The van der Waals surface area contributed by atoms with Crippen molar-refractivity contribution in [3.05, 3.63) is 29.8 Å². The molecule has 0 saturated carbocycles. The molecule has 3 N–H and O–H groups in total. The number of carbonyl (C=O) groups excluding carboxylic acids is 1. The second kappa shape index (κ2) is 4.36. The van der Waals surface area contributed by atoms with Crippen LogP contribution in [0.3, 0.4) is 0 Å². The molecule has 0 radical (unpaired) electrons. The van der Waals surface area contributed by atoms with Gasteiger partial charge in [-0.25, -0.2) is 9.78 Å². The Bertz CT molecular complexity index is 632. The number of carboxylic acid groups (broad SMARTS) is 1. The van der Waals surface area contributed by atoms with Crippen LogP contribution in [-0.4, -0.2) is 33.5 Å². The molecule has 0 spiro atoms. The van der Waals surface area contributed by atoms with Crippen molar-refractivity contribution in [2.75, 3.05) is 12.8 Å². The van der Waals surface area contributed by atoms with Gasteiger partial charge in [0.25, 0.3) is 0 Å². The average Bonchev–Trinajstić information content (AvgIpc) is 2.65. The van der Waals surface area contributed by atoms with Crippen molar-refractivity contribution in [1.29, 1.82) is 0 Å². The van der Waals surface area contributed by atoms with Gasteiger partial charge in [0.2, 0.25) is 0 Å². The number of carbonyl (C=O) groups is 2. The summed E-state index contributed by atoms with van der Waals surface area (Å²) in [5, 5.41) is 8.79. The van der Waals surface area contributed by atoms with Crippen LogP contribution in [0.5, 0.6) is 0 Å². The maximum Gasteiger partial charge on any atom is 0.358 e. The maximum absolute atomic E-state index is 11.6. The molecule has 0 saturated heterocycles. The summed E-state index contributed by atoms with van der Waals surface area (Å²) < 4.78 is 6.11. The molecule has 2 aromatic rings. The standard InChI is InChI=1S/C11H11N3O4/c1-18-11(17)10-7-4-6(12)2-3-14(7)8(13-10)5-9(15)16/h2-4H,5,12H2,1H3,(H,15,16). The molecule has 7 nitrogen and oxygen atoms in total. The molecule has 18 heavy (non-hydrogen) atoms. The quantitative estimate of drug-likeness (QED) is 0.759. The zero-order valence-corrected chi connectivity index (χ0v) is 9.58. The van der Waals surface area contributed by atoms with Gasteiger partial charge in [-0.3, -0.25) is 4.79 Å². The van der Waals surface area contributed by atoms with Crippen molar-refractivity contribution in [2.45, 2.75) is 6.42 Å². The summed E-state index contributed by atoms with van der Waals surface area (Å²) in [6.07, 6.45) is 1.28. The number of nitrogens with two attached hydrogens (primary N) is 1. The topological polar surface area (TPSA) is 107 Å². The first-order valence-electron chi connectivity index (χ1n) is 5.09. The molecule has 0 bridgehead atoms. The van der Waals surface area contributed by atoms with Gasteiger partial charge < -0.3 is 20.0 Å². The molecule has 0 unspecified atom stereocenters. The third-order valence-corrected chi connectivity index (χ3v) is 2.43. The molecule has 0 fully saturated rings. The summed E-state index contributed by atoms with van der Waals surface area (Å²) in [6.45, 7) is 0. The van der Waals surface area contributed by atoms with Crippen molar-refractivity contribution >= 4 is 23.1 Å². The first-order valence-corrected chi connectivity index (χ1v) is 5.09. The normalized spacial score (nSPS) is 10.5. The molecule has 0 amide bonds. The molecule has 0 atom stereocenters. The molecule has 0 aliphatic carbocycles. The Morgan fingerprint density at radius 2 is 2.28 bits per heavy atom. The Labute approximate surface area is 102 Å². The van der Waals surface area contributed by atoms with E-state index in [-0.39, 0.29) is 17.9 Å². The monoisotopic (exact) mass is 249 g/mol. The minimum atomic E-state index is -1.03. The minimum absolute atomic E-state index is 0.0565. The lowest BCUT2D eigenvalue weighted by Crippen LogP contribution is -2.05. The highest BCUT2D eigenvalue weighted by Crippen LogP contribution is 2.17. The van der Waals surface area contributed by atoms with Crippen molar-refractivity contribution in [3.8, 4) is 0 Å². The highest BCUT2D eigenvalue weighted by Gasteiger charge is 2.19. The lowest BCUT2D eigenvalue weighted by molar-refractivity contribution is -0.136. The van der Waals surface area contributed by atoms with Gasteiger partial charge in [0.1, 0.15) is 12.2 Å². The maximum atomic E-state index is 11.6. The number of methoxy groups -OCH3 is 1. The van der Waals surface area contributed by atoms with E-state index in [2.05, 4.69) is 9.72 Å². The summed E-state index contributed by atoms with van der Waals surface area (Å²) >= 11 is 0. The molecule has 2 rings (SSSR count). The minimum Gasteiger partial charge on any atom is -0.481 e. The SMILES string of the molecule is COC(=O)c1nc(CC(=O)O)n2ccc(N)cc12. The Balaban J connectivity index is 2.66. The summed E-state index contributed by atoms with van der Waals surface area (Å²) in [5.74, 6) is -1.41. The second-order valence-electron chi connectivity index (χ2n) is 3.65. The van der Waals surface area contributed by atoms with E-state index >= 15 is 0 Å². The Hall–Kier alpha value is -2.57. The lowest BCUT2D eigenvalue weighted by atomic mass is 10.3. The van der Waals surface area contributed by atoms with Crippen molar-refractivity contribution in [2.24, 2.45) is 0 Å². The van der Waals surface area contributed by atoms with Crippen LogP contribution < -0.4 is 5.73 Å². The Morgan fingerprint density at radius 3 is 2.89 bits per heavy atom. The molecule has 2 aromatic heterocycles. The lowest BCUT2D eigenvalue weighted by Gasteiger charge is -1.99. The van der Waals surface area contributed by atoms with Crippen LogP contribution in [0.2, 0.25) is 0 Å². The second-order valence-corrected chi connectivity index (χ2v) is 3.65. The van der Waals surface area contributed by atoms with E-state index in [0.717, 1.165) is 0 Å². The smallest absolute Gasteiger partial charge is 0.358 e. The predicted octanol–water partition coefficient (Wildman–Crippen LogP) is 0.330. The van der Waals surface area contributed by atoms with Gasteiger partial charge in [-0.1, -0.05) is 0 Å². The number of hydrogen-bond acceptors (Lipinski definition) is 5. The van der Waals surface area contributed by atoms with Gasteiger partial charge in [0.05, 0.1) is 12.6 Å². The number of ether oxygens (including phenoxy) is 1. The van der Waals surface area contributed by atoms with Gasteiger partial charge >= 0.3 is 11.9 Å². The first-order chi connectivity index (χ1) is 8.52. The molecule has 0 aliphatic rings. The predicted molar refractivity (Wildman–Crippen MR) is 62.3 cm³/mol. The number of aliphatic carboxylic acids is 1. The number of rotatable bonds is 3. The number of nitrogens with zero attached hydrogens (tertiary/aromatic N) is 2. The van der Waals surface area contributed by atoms with Gasteiger partial charge in [-0.2, -0.15) is 0 Å². The summed E-state index contributed by atoms with van der Waals surface area (Å²) in [5.41, 5.74) is 6.57. The zero-order valence-electron chi connectivity index (χ0n) is 9.58. The molecular formula is C11H11N3O4. The van der Waals surface area contributed by atoms with Crippen LogP contribution >= 0.6 is 0 Å². The third kappa shape index (κ3) is 1.97. The molecule has 7 heteroatoms. The van der Waals surface area contributed by atoms with Crippen molar-refractivity contribution in [1.82, 2.24) is 9.38 Å². The van der Waals surface area contributed by atoms with Gasteiger partial charge in [-0.05, 0) is 12.1 Å². The number of esters is 1. The molecule has 94 valence electrons. The largest absolute Gasteiger partial charge is 0.481 e. The summed E-state index contributed by atoms with van der Waals surface area (Å²) in [7, 11) is 1.23. The van der Waals surface area contributed by atoms with Gasteiger partial charge in [0, 0.05) is 11.9 Å². The number of pyridine rings is 1. The molecule has 0 aromatic carbocycles. The fourth-order valence-electron chi connectivity index (χ4n) is 1.67. The van der Waals surface area contributed by atoms with Gasteiger partial charge in [0.15, 0.2) is 5.69 Å². The third-order valence-electron chi connectivity index (χ3n) is 2.43. The molecule has 0 aliphatic heterocycles. The number of anilines is 1. The number of imidazole rings is 1. The summed E-state index contributed by atoms with van der Waals surface area (Å²) in [4.78, 5) is 26.3. The van der Waals surface area contributed by atoms with Crippen LogP contribution in [0.1, 0.15) is 16.3 Å². The Kier molecular flexibility index (Phi) is 2.88. The van der Waals surface area contributed by atoms with E-state index in [9.17, 15) is 9.59 Å². The van der Waals surface area contributed by atoms with Crippen molar-refractivity contribution < 1.29 is 19.4 Å². The number of nitrogen functional groups attached to an aromatic ring is 1. The highest BCUT2D eigenvalue weighted by molar-refractivity contribution is 5.95. The van der Waals surface area contributed by atoms with E-state index in [1.165, 1.54) is 11.5 Å². The number of carboxylic acids is 1. The fourth-order valence-corrected chi connectivity index (χ4v) is 1.67. The van der Waals surface area contributed by atoms with E-state index in [4.69, 9.17) is 10.8 Å². The van der Waals surface area contributed by atoms with E-state index < -0.39 is 11.9 Å². The van der Waals surface area contributed by atoms with Crippen LogP contribution in [0.4, 0.5) is 5.69 Å². The first kappa shape index (κ1) is 11.9. The number of fused-ring (bicyclic) bond motifs is 1. The van der Waals surface area contributed by atoms with E-state index in [1.807, 2.05) is 0 Å². The van der Waals surface area contributed by atoms with Crippen LogP contribution in [0.15, 0.2) is 18.3 Å². The number of aromatic nitrogens is 2. The van der Waals surface area contributed by atoms with Crippen LogP contribution in [0, 0.1) is 0 Å².